The van der Waals surface area contributed by atoms with Gasteiger partial charge in [-0.25, -0.2) is 0 Å². The van der Waals surface area contributed by atoms with E-state index in [4.69, 9.17) is 16.3 Å². The molecule has 0 fully saturated rings. The maximum Gasteiger partial charge on any atom is 0.310 e. The Kier molecular flexibility index (Phi) is 8.84. The van der Waals surface area contributed by atoms with Crippen LogP contribution in [0.15, 0.2) is 53.4 Å². The van der Waals surface area contributed by atoms with Crippen molar-refractivity contribution in [1.82, 2.24) is 5.32 Å². The zero-order chi connectivity index (χ0) is 20.4. The van der Waals surface area contributed by atoms with E-state index < -0.39 is 5.97 Å². The van der Waals surface area contributed by atoms with Crippen molar-refractivity contribution < 1.29 is 19.1 Å². The number of amides is 2. The van der Waals surface area contributed by atoms with E-state index in [-0.39, 0.29) is 24.8 Å². The van der Waals surface area contributed by atoms with E-state index in [9.17, 15) is 14.4 Å². The molecule has 0 atom stereocenters. The first kappa shape index (κ1) is 21.8. The number of thioether (sulfide) groups is 1. The molecule has 0 aliphatic carbocycles. The summed E-state index contributed by atoms with van der Waals surface area (Å²) in [5, 5.41) is 6.04. The number of anilines is 1. The molecule has 0 aliphatic heterocycles. The molecule has 0 saturated carbocycles. The Balaban J connectivity index is 1.61. The van der Waals surface area contributed by atoms with Gasteiger partial charge in [0.05, 0.1) is 6.42 Å². The minimum Gasteiger partial charge on any atom is -0.455 e. The van der Waals surface area contributed by atoms with Crippen LogP contribution in [0.25, 0.3) is 0 Å². The van der Waals surface area contributed by atoms with E-state index in [1.165, 1.54) is 6.92 Å². The lowest BCUT2D eigenvalue weighted by Crippen LogP contribution is -2.30. The van der Waals surface area contributed by atoms with Crippen LogP contribution in [-0.4, -0.2) is 36.7 Å². The molecule has 2 amide bonds. The molecule has 0 heterocycles. The molecular formula is C20H21ClN2O4S. The minimum atomic E-state index is -0.488. The lowest BCUT2D eigenvalue weighted by Gasteiger charge is -2.07. The third kappa shape index (κ3) is 8.45. The van der Waals surface area contributed by atoms with Gasteiger partial charge in [0.25, 0.3) is 5.91 Å². The zero-order valence-electron chi connectivity index (χ0n) is 15.4. The van der Waals surface area contributed by atoms with Crippen LogP contribution in [0.2, 0.25) is 5.02 Å². The first-order valence-electron chi connectivity index (χ1n) is 8.59. The summed E-state index contributed by atoms with van der Waals surface area (Å²) >= 11 is 7.42. The van der Waals surface area contributed by atoms with E-state index in [2.05, 4.69) is 10.6 Å². The van der Waals surface area contributed by atoms with Crippen LogP contribution in [0.5, 0.6) is 0 Å². The fraction of sp³-hybridized carbons (Fsp3) is 0.250. The molecule has 2 rings (SSSR count). The van der Waals surface area contributed by atoms with Gasteiger partial charge in [-0.2, -0.15) is 0 Å². The highest BCUT2D eigenvalue weighted by Crippen LogP contribution is 2.19. The van der Waals surface area contributed by atoms with Gasteiger partial charge >= 0.3 is 5.97 Å². The largest absolute Gasteiger partial charge is 0.455 e. The highest BCUT2D eigenvalue weighted by atomic mass is 35.5. The summed E-state index contributed by atoms with van der Waals surface area (Å²) in [6.45, 7) is 1.58. The molecule has 0 unspecified atom stereocenters. The Morgan fingerprint density at radius 1 is 1.04 bits per heavy atom. The second kappa shape index (κ2) is 11.4. The number of ether oxygens (including phenoxy) is 1. The summed E-state index contributed by atoms with van der Waals surface area (Å²) in [5.41, 5.74) is 1.39. The fourth-order valence-electron chi connectivity index (χ4n) is 2.21. The van der Waals surface area contributed by atoms with Gasteiger partial charge in [0.2, 0.25) is 5.91 Å². The SMILES string of the molecule is CC(=O)Nc1ccc(CC(=O)OCC(=O)NCCSc2ccc(Cl)cc2)cc1. The number of halogens is 1. The molecule has 2 aromatic carbocycles. The molecule has 0 radical (unpaired) electrons. The van der Waals surface area contributed by atoms with Crippen LogP contribution in [0, 0.1) is 0 Å². The quantitative estimate of drug-likeness (QED) is 0.369. The summed E-state index contributed by atoms with van der Waals surface area (Å²) in [6.07, 6.45) is 0.0556. The number of rotatable bonds is 9. The van der Waals surface area contributed by atoms with Crippen LogP contribution in [0.1, 0.15) is 12.5 Å². The monoisotopic (exact) mass is 420 g/mol. The van der Waals surface area contributed by atoms with Crippen molar-refractivity contribution in [2.24, 2.45) is 0 Å². The topological polar surface area (TPSA) is 84.5 Å². The van der Waals surface area contributed by atoms with Gasteiger partial charge in [-0.05, 0) is 42.0 Å². The van der Waals surface area contributed by atoms with E-state index in [1.54, 1.807) is 36.0 Å². The van der Waals surface area contributed by atoms with Crippen molar-refractivity contribution in [3.63, 3.8) is 0 Å². The Bertz CT molecular complexity index is 810. The third-order valence-corrected chi connectivity index (χ3v) is 4.76. The van der Waals surface area contributed by atoms with E-state index in [0.717, 1.165) is 10.5 Å². The minimum absolute atomic E-state index is 0.0556. The van der Waals surface area contributed by atoms with Gasteiger partial charge in [-0.3, -0.25) is 14.4 Å². The third-order valence-electron chi connectivity index (χ3n) is 3.49. The van der Waals surface area contributed by atoms with Crippen molar-refractivity contribution in [1.29, 1.82) is 0 Å². The molecule has 0 aliphatic rings. The van der Waals surface area contributed by atoms with Gasteiger partial charge in [-0.1, -0.05) is 23.7 Å². The summed E-state index contributed by atoms with van der Waals surface area (Å²) in [7, 11) is 0. The van der Waals surface area contributed by atoms with Crippen LogP contribution in [0.3, 0.4) is 0 Å². The van der Waals surface area contributed by atoms with E-state index in [1.807, 2.05) is 24.3 Å². The number of esters is 1. The molecule has 148 valence electrons. The maximum absolute atomic E-state index is 11.8. The summed E-state index contributed by atoms with van der Waals surface area (Å²) in [5.74, 6) is -0.295. The standard InChI is InChI=1S/C20H21ClN2O4S/c1-14(24)23-17-6-2-15(3-7-17)12-20(26)27-13-19(25)22-10-11-28-18-8-4-16(21)5-9-18/h2-9H,10-13H2,1H3,(H,22,25)(H,23,24). The molecule has 2 aromatic rings. The highest BCUT2D eigenvalue weighted by molar-refractivity contribution is 7.99. The maximum atomic E-state index is 11.8. The van der Waals surface area contributed by atoms with Gasteiger partial charge in [0.1, 0.15) is 0 Å². The number of hydrogen-bond acceptors (Lipinski definition) is 5. The highest BCUT2D eigenvalue weighted by Gasteiger charge is 2.09. The van der Waals surface area contributed by atoms with Crippen LogP contribution < -0.4 is 10.6 Å². The number of nitrogens with one attached hydrogen (secondary N) is 2. The zero-order valence-corrected chi connectivity index (χ0v) is 16.9. The van der Waals surface area contributed by atoms with Gasteiger partial charge < -0.3 is 15.4 Å². The lowest BCUT2D eigenvalue weighted by atomic mass is 10.1. The van der Waals surface area contributed by atoms with E-state index in [0.29, 0.717) is 23.0 Å². The van der Waals surface area contributed by atoms with Gasteiger partial charge in [0.15, 0.2) is 6.61 Å². The van der Waals surface area contributed by atoms with Crippen molar-refractivity contribution in [2.45, 2.75) is 18.2 Å². The van der Waals surface area contributed by atoms with Crippen molar-refractivity contribution in [2.75, 3.05) is 24.2 Å². The molecule has 6 nitrogen and oxygen atoms in total. The average Bonchev–Trinajstić information content (AvgIpc) is 2.66. The first-order chi connectivity index (χ1) is 13.4. The smallest absolute Gasteiger partial charge is 0.310 e. The van der Waals surface area contributed by atoms with Crippen LogP contribution >= 0.6 is 23.4 Å². The van der Waals surface area contributed by atoms with Crippen molar-refractivity contribution in [3.8, 4) is 0 Å². The van der Waals surface area contributed by atoms with Crippen LogP contribution in [0.4, 0.5) is 5.69 Å². The summed E-state index contributed by atoms with van der Waals surface area (Å²) < 4.78 is 4.99. The molecule has 2 N–H and O–H groups in total. The lowest BCUT2D eigenvalue weighted by molar-refractivity contribution is -0.147. The Morgan fingerprint density at radius 2 is 1.71 bits per heavy atom. The molecule has 28 heavy (non-hydrogen) atoms. The molecule has 8 heteroatoms. The van der Waals surface area contributed by atoms with Crippen molar-refractivity contribution >= 4 is 46.8 Å². The number of hydrogen-bond donors (Lipinski definition) is 2. The number of benzene rings is 2. The molecule has 0 spiro atoms. The van der Waals surface area contributed by atoms with E-state index >= 15 is 0 Å². The summed E-state index contributed by atoms with van der Waals surface area (Å²) in [6, 6.07) is 14.3. The Labute approximate surface area is 173 Å². The van der Waals surface area contributed by atoms with Crippen LogP contribution in [-0.2, 0) is 25.5 Å². The predicted molar refractivity (Wildman–Crippen MR) is 111 cm³/mol. The van der Waals surface area contributed by atoms with Gasteiger partial charge in [-0.15, -0.1) is 11.8 Å². The summed E-state index contributed by atoms with van der Waals surface area (Å²) in [4.78, 5) is 35.6. The molecule has 0 aromatic heterocycles. The Hall–Kier alpha value is -2.51. The first-order valence-corrected chi connectivity index (χ1v) is 9.96. The molecular weight excluding hydrogens is 400 g/mol. The Morgan fingerprint density at radius 3 is 2.36 bits per heavy atom. The molecule has 0 bridgehead atoms. The predicted octanol–water partition coefficient (Wildman–Crippen LogP) is 3.29. The average molecular weight is 421 g/mol. The van der Waals surface area contributed by atoms with Gasteiger partial charge in [0, 0.05) is 34.8 Å². The second-order valence-corrected chi connectivity index (χ2v) is 7.47. The second-order valence-electron chi connectivity index (χ2n) is 5.87. The van der Waals surface area contributed by atoms with Crippen molar-refractivity contribution in [3.05, 3.63) is 59.1 Å². The fourth-order valence-corrected chi connectivity index (χ4v) is 3.11. The normalized spacial score (nSPS) is 10.2. The number of carbonyl (C=O) groups is 3. The number of carbonyl (C=O) groups excluding carboxylic acids is 3. The molecule has 0 saturated heterocycles.